The number of rotatable bonds is 5. The molecule has 0 bridgehead atoms. The number of halogens is 2. The summed E-state index contributed by atoms with van der Waals surface area (Å²) in [5.74, 6) is 0.128. The lowest BCUT2D eigenvalue weighted by Gasteiger charge is -2.16. The standard InChI is InChI=1S/C16H14BrClN2O4/c1-9(10-3-6-15(24-2)13(17)7-10)19-16(21)12-5-4-11(18)8-14(12)20(22)23/h3-9H,1-2H3,(H,19,21)/t9-/m1/s1. The molecule has 1 amide bonds. The predicted molar refractivity (Wildman–Crippen MR) is 94.7 cm³/mol. The summed E-state index contributed by atoms with van der Waals surface area (Å²) < 4.78 is 5.91. The van der Waals surface area contributed by atoms with Gasteiger partial charge in [0.05, 0.1) is 22.5 Å². The molecule has 2 aromatic rings. The van der Waals surface area contributed by atoms with Crippen molar-refractivity contribution in [2.75, 3.05) is 7.11 Å². The Kier molecular flexibility index (Phi) is 5.80. The lowest BCUT2D eigenvalue weighted by Crippen LogP contribution is -2.27. The summed E-state index contributed by atoms with van der Waals surface area (Å²) in [6.45, 7) is 1.79. The molecule has 0 saturated heterocycles. The average Bonchev–Trinajstić information content (AvgIpc) is 2.54. The number of methoxy groups -OCH3 is 1. The average molecular weight is 414 g/mol. The largest absolute Gasteiger partial charge is 0.496 e. The summed E-state index contributed by atoms with van der Waals surface area (Å²) in [7, 11) is 1.56. The van der Waals surface area contributed by atoms with Gasteiger partial charge in [-0.05, 0) is 52.7 Å². The van der Waals surface area contributed by atoms with Crippen molar-refractivity contribution < 1.29 is 14.5 Å². The number of hydrogen-bond donors (Lipinski definition) is 1. The van der Waals surface area contributed by atoms with E-state index in [4.69, 9.17) is 16.3 Å². The quantitative estimate of drug-likeness (QED) is 0.577. The van der Waals surface area contributed by atoms with Crippen molar-refractivity contribution in [1.29, 1.82) is 0 Å². The van der Waals surface area contributed by atoms with Crippen LogP contribution in [0.15, 0.2) is 40.9 Å². The Morgan fingerprint density at radius 1 is 1.33 bits per heavy atom. The summed E-state index contributed by atoms with van der Waals surface area (Å²) >= 11 is 9.14. The van der Waals surface area contributed by atoms with Crippen LogP contribution in [0.3, 0.4) is 0 Å². The van der Waals surface area contributed by atoms with Crippen molar-refractivity contribution in [3.05, 3.63) is 67.1 Å². The third kappa shape index (κ3) is 4.04. The first-order valence-electron chi connectivity index (χ1n) is 6.91. The fourth-order valence-corrected chi connectivity index (χ4v) is 2.88. The highest BCUT2D eigenvalue weighted by Gasteiger charge is 2.22. The fraction of sp³-hybridized carbons (Fsp3) is 0.188. The Hall–Kier alpha value is -2.12. The lowest BCUT2D eigenvalue weighted by molar-refractivity contribution is -0.385. The normalized spacial score (nSPS) is 11.7. The molecule has 0 fully saturated rings. The van der Waals surface area contributed by atoms with E-state index >= 15 is 0 Å². The maximum absolute atomic E-state index is 12.4. The minimum atomic E-state index is -0.630. The molecule has 24 heavy (non-hydrogen) atoms. The molecule has 0 saturated carbocycles. The number of amides is 1. The van der Waals surface area contributed by atoms with E-state index < -0.39 is 10.8 Å². The second-order valence-electron chi connectivity index (χ2n) is 5.01. The van der Waals surface area contributed by atoms with Gasteiger partial charge in [0.2, 0.25) is 0 Å². The van der Waals surface area contributed by atoms with Gasteiger partial charge in [0.1, 0.15) is 11.3 Å². The van der Waals surface area contributed by atoms with Crippen LogP contribution in [0.5, 0.6) is 5.75 Å². The van der Waals surface area contributed by atoms with E-state index in [2.05, 4.69) is 21.2 Å². The number of nitrogens with one attached hydrogen (secondary N) is 1. The van der Waals surface area contributed by atoms with Gasteiger partial charge in [-0.1, -0.05) is 17.7 Å². The maximum Gasteiger partial charge on any atom is 0.283 e. The van der Waals surface area contributed by atoms with Crippen LogP contribution in [0.25, 0.3) is 0 Å². The molecule has 2 aromatic carbocycles. The smallest absolute Gasteiger partial charge is 0.283 e. The van der Waals surface area contributed by atoms with Crippen molar-refractivity contribution >= 4 is 39.1 Å². The van der Waals surface area contributed by atoms with Gasteiger partial charge in [-0.15, -0.1) is 0 Å². The van der Waals surface area contributed by atoms with E-state index in [-0.39, 0.29) is 22.3 Å². The Bertz CT molecular complexity index is 798. The molecule has 1 atom stereocenters. The molecule has 0 aromatic heterocycles. The van der Waals surface area contributed by atoms with Crippen LogP contribution in [-0.2, 0) is 0 Å². The second-order valence-corrected chi connectivity index (χ2v) is 6.30. The number of ether oxygens (including phenoxy) is 1. The van der Waals surface area contributed by atoms with Crippen molar-refractivity contribution in [2.45, 2.75) is 13.0 Å². The van der Waals surface area contributed by atoms with Gasteiger partial charge in [0, 0.05) is 11.1 Å². The molecule has 0 heterocycles. The first-order valence-corrected chi connectivity index (χ1v) is 8.08. The topological polar surface area (TPSA) is 81.5 Å². The molecule has 0 aliphatic heterocycles. The van der Waals surface area contributed by atoms with E-state index in [1.165, 1.54) is 12.1 Å². The molecule has 0 aliphatic rings. The molecule has 2 rings (SSSR count). The van der Waals surface area contributed by atoms with E-state index in [1.807, 2.05) is 12.1 Å². The summed E-state index contributed by atoms with van der Waals surface area (Å²) in [6.07, 6.45) is 0. The summed E-state index contributed by atoms with van der Waals surface area (Å²) in [5.41, 5.74) is 0.458. The molecular weight excluding hydrogens is 400 g/mol. The molecular formula is C16H14BrClN2O4. The number of carbonyl (C=O) groups excluding carboxylic acids is 1. The van der Waals surface area contributed by atoms with E-state index in [9.17, 15) is 14.9 Å². The SMILES string of the molecule is COc1ccc([C@@H](C)NC(=O)c2ccc(Cl)cc2[N+](=O)[O-])cc1Br. The molecule has 1 N–H and O–H groups in total. The summed E-state index contributed by atoms with van der Waals surface area (Å²) in [5, 5.41) is 14.0. The van der Waals surface area contributed by atoms with Gasteiger partial charge >= 0.3 is 0 Å². The van der Waals surface area contributed by atoms with Gasteiger partial charge in [0.15, 0.2) is 0 Å². The van der Waals surface area contributed by atoms with Crippen LogP contribution in [0, 0.1) is 10.1 Å². The van der Waals surface area contributed by atoms with Crippen molar-refractivity contribution in [2.24, 2.45) is 0 Å². The van der Waals surface area contributed by atoms with Gasteiger partial charge < -0.3 is 10.1 Å². The molecule has 126 valence electrons. The van der Waals surface area contributed by atoms with Crippen LogP contribution in [0.2, 0.25) is 5.02 Å². The number of hydrogen-bond acceptors (Lipinski definition) is 4. The lowest BCUT2D eigenvalue weighted by atomic mass is 10.1. The predicted octanol–water partition coefficient (Wildman–Crippen LogP) is 4.51. The highest BCUT2D eigenvalue weighted by atomic mass is 79.9. The maximum atomic E-state index is 12.4. The second kappa shape index (κ2) is 7.63. The minimum absolute atomic E-state index is 0.0381. The summed E-state index contributed by atoms with van der Waals surface area (Å²) in [6, 6.07) is 8.99. The Morgan fingerprint density at radius 3 is 2.62 bits per heavy atom. The Labute approximate surface area is 152 Å². The number of benzene rings is 2. The van der Waals surface area contributed by atoms with Crippen LogP contribution in [0.4, 0.5) is 5.69 Å². The number of nitro benzene ring substituents is 1. The van der Waals surface area contributed by atoms with Crippen molar-refractivity contribution in [1.82, 2.24) is 5.32 Å². The fourth-order valence-electron chi connectivity index (χ4n) is 2.16. The van der Waals surface area contributed by atoms with Crippen LogP contribution >= 0.6 is 27.5 Å². The van der Waals surface area contributed by atoms with Gasteiger partial charge in [-0.2, -0.15) is 0 Å². The first-order chi connectivity index (χ1) is 11.3. The number of carbonyl (C=O) groups is 1. The monoisotopic (exact) mass is 412 g/mol. The highest BCUT2D eigenvalue weighted by molar-refractivity contribution is 9.10. The van der Waals surface area contributed by atoms with Crippen LogP contribution in [0.1, 0.15) is 28.9 Å². The molecule has 0 unspecified atom stereocenters. The van der Waals surface area contributed by atoms with Gasteiger partial charge in [-0.3, -0.25) is 14.9 Å². The van der Waals surface area contributed by atoms with E-state index in [0.717, 1.165) is 16.1 Å². The minimum Gasteiger partial charge on any atom is -0.496 e. The first kappa shape index (κ1) is 18.2. The van der Waals surface area contributed by atoms with Crippen molar-refractivity contribution in [3.8, 4) is 5.75 Å². The summed E-state index contributed by atoms with van der Waals surface area (Å²) in [4.78, 5) is 22.8. The zero-order chi connectivity index (χ0) is 17.9. The third-order valence-electron chi connectivity index (χ3n) is 3.42. The Balaban J connectivity index is 2.23. The van der Waals surface area contributed by atoms with Crippen LogP contribution < -0.4 is 10.1 Å². The molecule has 0 spiro atoms. The molecule has 6 nitrogen and oxygen atoms in total. The number of nitrogens with zero attached hydrogens (tertiary/aromatic N) is 1. The zero-order valence-electron chi connectivity index (χ0n) is 12.9. The van der Waals surface area contributed by atoms with Gasteiger partial charge in [-0.25, -0.2) is 0 Å². The van der Waals surface area contributed by atoms with Crippen LogP contribution in [-0.4, -0.2) is 17.9 Å². The number of nitro groups is 1. The van der Waals surface area contributed by atoms with Gasteiger partial charge in [0.25, 0.3) is 11.6 Å². The van der Waals surface area contributed by atoms with Crippen molar-refractivity contribution in [3.63, 3.8) is 0 Å². The van der Waals surface area contributed by atoms with E-state index in [0.29, 0.717) is 5.75 Å². The third-order valence-corrected chi connectivity index (χ3v) is 4.28. The zero-order valence-corrected chi connectivity index (χ0v) is 15.2. The highest BCUT2D eigenvalue weighted by Crippen LogP contribution is 2.29. The molecule has 0 aliphatic carbocycles. The van der Waals surface area contributed by atoms with E-state index in [1.54, 1.807) is 20.1 Å². The molecule has 8 heteroatoms. The Morgan fingerprint density at radius 2 is 2.04 bits per heavy atom. The molecule has 0 radical (unpaired) electrons.